The first-order valence-corrected chi connectivity index (χ1v) is 12.8. The van der Waals surface area contributed by atoms with Crippen molar-refractivity contribution in [2.45, 2.75) is 22.8 Å². The van der Waals surface area contributed by atoms with E-state index in [9.17, 15) is 21.6 Å². The standard InChI is InChI=1S/C19H23ClN4O5S2/c1-14(19(25)22-16-4-8-17(9-5-16)30(21,26)27)23-10-12-24(13-11-23)31(28,29)18-6-2-15(20)3-7-18/h2-9,14H,10-13H2,1H3,(H,22,25)(H2,21,26,27)/t14-/m0/s1. The zero-order chi connectivity index (χ0) is 22.8. The predicted octanol–water partition coefficient (Wildman–Crippen LogP) is 1.32. The fourth-order valence-electron chi connectivity index (χ4n) is 3.23. The van der Waals surface area contributed by atoms with Crippen molar-refractivity contribution >= 4 is 43.2 Å². The third-order valence-electron chi connectivity index (χ3n) is 5.10. The molecule has 1 atom stereocenters. The smallest absolute Gasteiger partial charge is 0.243 e. The Labute approximate surface area is 186 Å². The zero-order valence-electron chi connectivity index (χ0n) is 16.7. The molecule has 1 amide bonds. The monoisotopic (exact) mass is 486 g/mol. The van der Waals surface area contributed by atoms with Crippen LogP contribution in [0.2, 0.25) is 5.02 Å². The van der Waals surface area contributed by atoms with Gasteiger partial charge < -0.3 is 5.32 Å². The summed E-state index contributed by atoms with van der Waals surface area (Å²) in [6.45, 7) is 3.03. The van der Waals surface area contributed by atoms with Gasteiger partial charge in [0.2, 0.25) is 26.0 Å². The van der Waals surface area contributed by atoms with E-state index in [4.69, 9.17) is 16.7 Å². The molecule has 0 aromatic heterocycles. The molecule has 0 radical (unpaired) electrons. The van der Waals surface area contributed by atoms with Crippen LogP contribution in [0.4, 0.5) is 5.69 Å². The Kier molecular flexibility index (Phi) is 7.04. The fourth-order valence-corrected chi connectivity index (χ4v) is 5.29. The minimum atomic E-state index is -3.80. The molecular formula is C19H23ClN4O5S2. The van der Waals surface area contributed by atoms with Crippen molar-refractivity contribution in [3.63, 3.8) is 0 Å². The normalized spacial score (nSPS) is 17.3. The first-order valence-electron chi connectivity index (χ1n) is 9.42. The van der Waals surface area contributed by atoms with Gasteiger partial charge in [0.15, 0.2) is 0 Å². The maximum atomic E-state index is 12.8. The Morgan fingerprint density at radius 2 is 1.45 bits per heavy atom. The molecule has 1 heterocycles. The molecule has 9 nitrogen and oxygen atoms in total. The van der Waals surface area contributed by atoms with E-state index >= 15 is 0 Å². The number of carbonyl (C=O) groups is 1. The molecule has 1 fully saturated rings. The Hall–Kier alpha value is -2.02. The predicted molar refractivity (Wildman–Crippen MR) is 118 cm³/mol. The minimum Gasteiger partial charge on any atom is -0.325 e. The van der Waals surface area contributed by atoms with Crippen molar-refractivity contribution in [3.8, 4) is 0 Å². The van der Waals surface area contributed by atoms with Gasteiger partial charge in [-0.3, -0.25) is 9.69 Å². The maximum Gasteiger partial charge on any atom is 0.243 e. The molecule has 2 aromatic carbocycles. The van der Waals surface area contributed by atoms with E-state index in [0.717, 1.165) is 0 Å². The van der Waals surface area contributed by atoms with Gasteiger partial charge in [-0.2, -0.15) is 4.31 Å². The summed E-state index contributed by atoms with van der Waals surface area (Å²) in [4.78, 5) is 14.6. The summed E-state index contributed by atoms with van der Waals surface area (Å²) in [5.41, 5.74) is 0.438. The van der Waals surface area contributed by atoms with Crippen molar-refractivity contribution in [2.24, 2.45) is 5.14 Å². The van der Waals surface area contributed by atoms with Crippen LogP contribution in [0.15, 0.2) is 58.3 Å². The van der Waals surface area contributed by atoms with Crippen LogP contribution in [-0.4, -0.2) is 64.2 Å². The summed E-state index contributed by atoms with van der Waals surface area (Å²) in [6.07, 6.45) is 0. The second kappa shape index (κ2) is 9.23. The third-order valence-corrected chi connectivity index (χ3v) is 8.20. The van der Waals surface area contributed by atoms with Crippen molar-refractivity contribution in [1.82, 2.24) is 9.21 Å². The highest BCUT2D eigenvalue weighted by Gasteiger charge is 2.31. The summed E-state index contributed by atoms with van der Waals surface area (Å²) in [7, 11) is -7.43. The number of benzene rings is 2. The van der Waals surface area contributed by atoms with Gasteiger partial charge in [0.25, 0.3) is 0 Å². The topological polar surface area (TPSA) is 130 Å². The van der Waals surface area contributed by atoms with Gasteiger partial charge in [0.1, 0.15) is 0 Å². The number of piperazine rings is 1. The molecule has 1 aliphatic heterocycles. The summed E-state index contributed by atoms with van der Waals surface area (Å²) in [6, 6.07) is 11.1. The molecule has 31 heavy (non-hydrogen) atoms. The van der Waals surface area contributed by atoms with Gasteiger partial charge in [-0.25, -0.2) is 22.0 Å². The lowest BCUT2D eigenvalue weighted by molar-refractivity contribution is -0.121. The molecule has 2 aromatic rings. The van der Waals surface area contributed by atoms with E-state index in [1.54, 1.807) is 6.92 Å². The first-order chi connectivity index (χ1) is 14.5. The largest absolute Gasteiger partial charge is 0.325 e. The number of sulfonamides is 2. The molecule has 168 valence electrons. The summed E-state index contributed by atoms with van der Waals surface area (Å²) >= 11 is 5.83. The van der Waals surface area contributed by atoms with E-state index < -0.39 is 26.1 Å². The fraction of sp³-hybridized carbons (Fsp3) is 0.316. The highest BCUT2D eigenvalue weighted by molar-refractivity contribution is 7.89. The summed E-state index contributed by atoms with van der Waals surface area (Å²) in [5, 5.41) is 8.26. The molecule has 0 saturated carbocycles. The van der Waals surface area contributed by atoms with Gasteiger partial charge in [-0.15, -0.1) is 0 Å². The number of hydrogen-bond acceptors (Lipinski definition) is 6. The van der Waals surface area contributed by atoms with Crippen LogP contribution < -0.4 is 10.5 Å². The van der Waals surface area contributed by atoms with Crippen LogP contribution in [0.1, 0.15) is 6.92 Å². The first kappa shape index (κ1) is 23.6. The van der Waals surface area contributed by atoms with Crippen LogP contribution in [-0.2, 0) is 24.8 Å². The van der Waals surface area contributed by atoms with E-state index in [0.29, 0.717) is 23.8 Å². The zero-order valence-corrected chi connectivity index (χ0v) is 19.1. The molecule has 12 heteroatoms. The van der Waals surface area contributed by atoms with Gasteiger partial charge in [-0.05, 0) is 55.5 Å². The number of amides is 1. The third kappa shape index (κ3) is 5.62. The van der Waals surface area contributed by atoms with Crippen LogP contribution in [0.25, 0.3) is 0 Å². The average molecular weight is 487 g/mol. The molecule has 0 bridgehead atoms. The number of hydrogen-bond donors (Lipinski definition) is 2. The van der Waals surface area contributed by atoms with Crippen molar-refractivity contribution in [2.75, 3.05) is 31.5 Å². The number of nitrogens with one attached hydrogen (secondary N) is 1. The number of primary sulfonamides is 1. The molecule has 0 unspecified atom stereocenters. The Balaban J connectivity index is 1.58. The number of halogens is 1. The SMILES string of the molecule is C[C@@H](C(=O)Nc1ccc(S(N)(=O)=O)cc1)N1CCN(S(=O)(=O)c2ccc(Cl)cc2)CC1. The molecule has 0 spiro atoms. The number of anilines is 1. The van der Waals surface area contributed by atoms with Gasteiger partial charge in [0.05, 0.1) is 15.8 Å². The van der Waals surface area contributed by atoms with Crippen LogP contribution >= 0.6 is 11.6 Å². The Morgan fingerprint density at radius 3 is 1.97 bits per heavy atom. The van der Waals surface area contributed by atoms with E-state index in [1.807, 2.05) is 4.90 Å². The average Bonchev–Trinajstić information content (AvgIpc) is 2.73. The van der Waals surface area contributed by atoms with Crippen molar-refractivity contribution in [3.05, 3.63) is 53.6 Å². The highest BCUT2D eigenvalue weighted by Crippen LogP contribution is 2.21. The number of nitrogens with two attached hydrogens (primary N) is 1. The lowest BCUT2D eigenvalue weighted by atomic mass is 10.2. The van der Waals surface area contributed by atoms with Crippen molar-refractivity contribution in [1.29, 1.82) is 0 Å². The molecule has 1 saturated heterocycles. The van der Waals surface area contributed by atoms with E-state index in [1.165, 1.54) is 52.8 Å². The summed E-state index contributed by atoms with van der Waals surface area (Å²) in [5.74, 6) is -0.280. The highest BCUT2D eigenvalue weighted by atomic mass is 35.5. The molecule has 3 rings (SSSR count). The quantitative estimate of drug-likeness (QED) is 0.633. The lowest BCUT2D eigenvalue weighted by Crippen LogP contribution is -2.53. The minimum absolute atomic E-state index is 0.0448. The van der Waals surface area contributed by atoms with Gasteiger partial charge >= 0.3 is 0 Å². The molecule has 3 N–H and O–H groups in total. The molecule has 1 aliphatic rings. The molecule has 0 aliphatic carbocycles. The number of rotatable bonds is 6. The van der Waals surface area contributed by atoms with Crippen LogP contribution in [0.3, 0.4) is 0 Å². The number of nitrogens with zero attached hydrogens (tertiary/aromatic N) is 2. The second-order valence-electron chi connectivity index (χ2n) is 7.13. The molecular weight excluding hydrogens is 464 g/mol. The second-order valence-corrected chi connectivity index (χ2v) is 11.1. The number of carbonyl (C=O) groups excluding carboxylic acids is 1. The lowest BCUT2D eigenvalue weighted by Gasteiger charge is -2.36. The Morgan fingerprint density at radius 1 is 0.935 bits per heavy atom. The Bertz CT molecular complexity index is 1140. The van der Waals surface area contributed by atoms with Gasteiger partial charge in [-0.1, -0.05) is 11.6 Å². The van der Waals surface area contributed by atoms with E-state index in [2.05, 4.69) is 5.32 Å². The van der Waals surface area contributed by atoms with Crippen molar-refractivity contribution < 1.29 is 21.6 Å². The van der Waals surface area contributed by atoms with E-state index in [-0.39, 0.29) is 28.8 Å². The van der Waals surface area contributed by atoms with Crippen LogP contribution in [0, 0.1) is 0 Å². The van der Waals surface area contributed by atoms with Crippen LogP contribution in [0.5, 0.6) is 0 Å². The maximum absolute atomic E-state index is 12.8. The van der Waals surface area contributed by atoms with Gasteiger partial charge in [0, 0.05) is 36.9 Å². The summed E-state index contributed by atoms with van der Waals surface area (Å²) < 4.78 is 49.6.